The Kier molecular flexibility index (Phi) is 8.86. The Hall–Kier alpha value is -2.08. The lowest BCUT2D eigenvalue weighted by atomic mass is 10.0. The van der Waals surface area contributed by atoms with Gasteiger partial charge in [-0.2, -0.15) is 0 Å². The molecule has 1 unspecified atom stereocenters. The lowest BCUT2D eigenvalue weighted by Crippen LogP contribution is -2.39. The molecule has 0 aliphatic rings. The summed E-state index contributed by atoms with van der Waals surface area (Å²) < 4.78 is 5.31. The van der Waals surface area contributed by atoms with E-state index < -0.39 is 0 Å². The monoisotopic (exact) mass is 335 g/mol. The van der Waals surface area contributed by atoms with Gasteiger partial charge in [0.1, 0.15) is 5.75 Å². The fourth-order valence-electron chi connectivity index (χ4n) is 2.62. The SMILES string of the molecule is CCN(CC)C(CNC(=O)CCNC(C)=O)c1cccc(OC)c1. The van der Waals surface area contributed by atoms with Crippen LogP contribution in [-0.2, 0) is 9.59 Å². The minimum atomic E-state index is -0.125. The molecule has 0 saturated carbocycles. The fraction of sp³-hybridized carbons (Fsp3) is 0.556. The van der Waals surface area contributed by atoms with Gasteiger partial charge >= 0.3 is 0 Å². The smallest absolute Gasteiger partial charge is 0.221 e. The van der Waals surface area contributed by atoms with Crippen molar-refractivity contribution in [3.05, 3.63) is 29.8 Å². The first-order valence-corrected chi connectivity index (χ1v) is 8.40. The van der Waals surface area contributed by atoms with Crippen molar-refractivity contribution in [2.45, 2.75) is 33.2 Å². The largest absolute Gasteiger partial charge is 0.497 e. The second-order valence-corrected chi connectivity index (χ2v) is 5.55. The number of carbonyl (C=O) groups excluding carboxylic acids is 2. The van der Waals surface area contributed by atoms with Crippen LogP contribution in [0.5, 0.6) is 5.75 Å². The predicted molar refractivity (Wildman–Crippen MR) is 95.0 cm³/mol. The summed E-state index contributed by atoms with van der Waals surface area (Å²) >= 11 is 0. The Morgan fingerprint density at radius 1 is 1.21 bits per heavy atom. The maximum absolute atomic E-state index is 12.0. The van der Waals surface area contributed by atoms with Gasteiger partial charge in [-0.05, 0) is 30.8 Å². The number of methoxy groups -OCH3 is 1. The third-order valence-corrected chi connectivity index (χ3v) is 3.95. The quantitative estimate of drug-likeness (QED) is 0.683. The highest BCUT2D eigenvalue weighted by Crippen LogP contribution is 2.23. The summed E-state index contributed by atoms with van der Waals surface area (Å²) in [5.74, 6) is 0.616. The van der Waals surface area contributed by atoms with E-state index in [1.165, 1.54) is 6.92 Å². The molecule has 0 radical (unpaired) electrons. The first kappa shape index (κ1) is 20.0. The average Bonchev–Trinajstić information content (AvgIpc) is 2.58. The van der Waals surface area contributed by atoms with Crippen molar-refractivity contribution in [1.82, 2.24) is 15.5 Å². The van der Waals surface area contributed by atoms with Gasteiger partial charge in [0.2, 0.25) is 11.8 Å². The van der Waals surface area contributed by atoms with Crippen LogP contribution < -0.4 is 15.4 Å². The number of benzene rings is 1. The maximum Gasteiger partial charge on any atom is 0.221 e. The number of hydrogen-bond donors (Lipinski definition) is 2. The number of hydrogen-bond acceptors (Lipinski definition) is 4. The van der Waals surface area contributed by atoms with E-state index in [0.29, 0.717) is 13.1 Å². The second-order valence-electron chi connectivity index (χ2n) is 5.55. The highest BCUT2D eigenvalue weighted by atomic mass is 16.5. The van der Waals surface area contributed by atoms with Crippen LogP contribution in [0.2, 0.25) is 0 Å². The van der Waals surface area contributed by atoms with Crippen LogP contribution in [0.4, 0.5) is 0 Å². The van der Waals surface area contributed by atoms with Crippen molar-refractivity contribution < 1.29 is 14.3 Å². The lowest BCUT2D eigenvalue weighted by Gasteiger charge is -2.30. The number of nitrogens with one attached hydrogen (secondary N) is 2. The summed E-state index contributed by atoms with van der Waals surface area (Å²) in [6.07, 6.45) is 0.280. The first-order valence-electron chi connectivity index (χ1n) is 8.40. The minimum absolute atomic E-state index is 0.0659. The van der Waals surface area contributed by atoms with Crippen molar-refractivity contribution >= 4 is 11.8 Å². The Morgan fingerprint density at radius 2 is 1.92 bits per heavy atom. The number of rotatable bonds is 10. The Balaban J connectivity index is 2.72. The van der Waals surface area contributed by atoms with E-state index >= 15 is 0 Å². The zero-order valence-corrected chi connectivity index (χ0v) is 15.1. The summed E-state index contributed by atoms with van der Waals surface area (Å²) in [6, 6.07) is 8.01. The van der Waals surface area contributed by atoms with E-state index in [1.807, 2.05) is 18.2 Å². The molecule has 1 aromatic carbocycles. The molecule has 24 heavy (non-hydrogen) atoms. The van der Waals surface area contributed by atoms with Gasteiger partial charge in [-0.15, -0.1) is 0 Å². The fourth-order valence-corrected chi connectivity index (χ4v) is 2.62. The normalized spacial score (nSPS) is 11.9. The van der Waals surface area contributed by atoms with Gasteiger partial charge in [0, 0.05) is 26.4 Å². The van der Waals surface area contributed by atoms with E-state index in [1.54, 1.807) is 7.11 Å². The zero-order chi connectivity index (χ0) is 17.9. The predicted octanol–water partition coefficient (Wildman–Crippen LogP) is 1.72. The van der Waals surface area contributed by atoms with Crippen LogP contribution in [-0.4, -0.2) is 50.0 Å². The van der Waals surface area contributed by atoms with Crippen molar-refractivity contribution in [1.29, 1.82) is 0 Å². The molecule has 1 aromatic rings. The molecular weight excluding hydrogens is 306 g/mol. The van der Waals surface area contributed by atoms with Gasteiger partial charge in [0.25, 0.3) is 0 Å². The van der Waals surface area contributed by atoms with Gasteiger partial charge in [0.05, 0.1) is 13.2 Å². The average molecular weight is 335 g/mol. The Morgan fingerprint density at radius 3 is 2.50 bits per heavy atom. The molecule has 0 aliphatic heterocycles. The Bertz CT molecular complexity index is 530. The number of likely N-dealkylation sites (N-methyl/N-ethyl adjacent to an activating group) is 1. The summed E-state index contributed by atoms with van der Waals surface area (Å²) in [6.45, 7) is 8.31. The molecule has 2 N–H and O–H groups in total. The van der Waals surface area contributed by atoms with E-state index in [0.717, 1.165) is 24.4 Å². The molecule has 2 amide bonds. The standard InChI is InChI=1S/C18H29N3O3/c1-5-21(6-2)17(15-8-7-9-16(12-15)24-4)13-20-18(23)10-11-19-14(3)22/h7-9,12,17H,5-6,10-11,13H2,1-4H3,(H,19,22)(H,20,23). The molecular formula is C18H29N3O3. The molecule has 6 heteroatoms. The topological polar surface area (TPSA) is 70.7 Å². The van der Waals surface area contributed by atoms with E-state index in [9.17, 15) is 9.59 Å². The summed E-state index contributed by atoms with van der Waals surface area (Å²) in [5, 5.41) is 5.60. The molecule has 6 nitrogen and oxygen atoms in total. The summed E-state index contributed by atoms with van der Waals surface area (Å²) in [5.41, 5.74) is 1.11. The van der Waals surface area contributed by atoms with Gasteiger partial charge in [-0.1, -0.05) is 26.0 Å². The van der Waals surface area contributed by atoms with Gasteiger partial charge in [0.15, 0.2) is 0 Å². The highest BCUT2D eigenvalue weighted by Gasteiger charge is 2.19. The maximum atomic E-state index is 12.0. The first-order chi connectivity index (χ1) is 11.5. The Labute approximate surface area is 144 Å². The second kappa shape index (κ2) is 10.6. The van der Waals surface area contributed by atoms with Crippen molar-refractivity contribution in [3.63, 3.8) is 0 Å². The third kappa shape index (κ3) is 6.58. The molecule has 0 aliphatic carbocycles. The molecule has 1 rings (SSSR count). The molecule has 0 spiro atoms. The van der Waals surface area contributed by atoms with Crippen LogP contribution in [0.1, 0.15) is 38.8 Å². The molecule has 0 heterocycles. The van der Waals surface area contributed by atoms with E-state index in [4.69, 9.17) is 4.74 Å². The van der Waals surface area contributed by atoms with Gasteiger partial charge in [-0.25, -0.2) is 0 Å². The van der Waals surface area contributed by atoms with Crippen molar-refractivity contribution in [2.75, 3.05) is 33.3 Å². The molecule has 0 aromatic heterocycles. The van der Waals surface area contributed by atoms with Crippen molar-refractivity contribution in [3.8, 4) is 5.75 Å². The van der Waals surface area contributed by atoms with Gasteiger partial charge in [-0.3, -0.25) is 14.5 Å². The number of ether oxygens (including phenoxy) is 1. The number of amides is 2. The molecule has 1 atom stereocenters. The minimum Gasteiger partial charge on any atom is -0.497 e. The summed E-state index contributed by atoms with van der Waals surface area (Å²) in [4.78, 5) is 25.1. The zero-order valence-electron chi connectivity index (χ0n) is 15.1. The molecule has 134 valence electrons. The molecule has 0 saturated heterocycles. The van der Waals surface area contributed by atoms with E-state index in [2.05, 4.69) is 35.4 Å². The van der Waals surface area contributed by atoms with Crippen LogP contribution in [0.3, 0.4) is 0 Å². The van der Waals surface area contributed by atoms with Crippen molar-refractivity contribution in [2.24, 2.45) is 0 Å². The lowest BCUT2D eigenvalue weighted by molar-refractivity contribution is -0.121. The highest BCUT2D eigenvalue weighted by molar-refractivity contribution is 5.77. The molecule has 0 fully saturated rings. The number of carbonyl (C=O) groups is 2. The third-order valence-electron chi connectivity index (χ3n) is 3.95. The van der Waals surface area contributed by atoms with Crippen LogP contribution >= 0.6 is 0 Å². The van der Waals surface area contributed by atoms with Crippen LogP contribution in [0.15, 0.2) is 24.3 Å². The van der Waals surface area contributed by atoms with E-state index in [-0.39, 0.29) is 24.3 Å². The summed E-state index contributed by atoms with van der Waals surface area (Å²) in [7, 11) is 1.65. The number of nitrogens with zero attached hydrogens (tertiary/aromatic N) is 1. The van der Waals surface area contributed by atoms with Crippen LogP contribution in [0.25, 0.3) is 0 Å². The van der Waals surface area contributed by atoms with Crippen LogP contribution in [0, 0.1) is 0 Å². The van der Waals surface area contributed by atoms with Gasteiger partial charge < -0.3 is 15.4 Å². The molecule has 0 bridgehead atoms.